The highest BCUT2D eigenvalue weighted by Gasteiger charge is 2.39. The summed E-state index contributed by atoms with van der Waals surface area (Å²) in [7, 11) is 0. The van der Waals surface area contributed by atoms with Gasteiger partial charge in [-0.05, 0) is 16.8 Å². The van der Waals surface area contributed by atoms with Crippen molar-refractivity contribution >= 4 is 5.97 Å². The molecule has 2 aromatic rings. The second-order valence-electron chi connectivity index (χ2n) is 6.95. The lowest BCUT2D eigenvalue weighted by Crippen LogP contribution is -2.30. The maximum Gasteiger partial charge on any atom is 0.490 e. The number of nitrogens with zero attached hydrogens (tertiary/aromatic N) is 7. The molecule has 0 bridgehead atoms. The zero-order valence-corrected chi connectivity index (χ0v) is 17.8. The van der Waals surface area contributed by atoms with Crippen LogP contribution in [0.3, 0.4) is 0 Å². The Bertz CT molecular complexity index is 1010. The number of terminal acetylenes is 1. The highest BCUT2D eigenvalue weighted by atomic mass is 19.4. The quantitative estimate of drug-likeness (QED) is 0.360. The second kappa shape index (κ2) is 11.6. The fourth-order valence-electron chi connectivity index (χ4n) is 2.84. The minimum absolute atomic E-state index is 0.240. The predicted octanol–water partition coefficient (Wildman–Crippen LogP) is 2.77. The predicted molar refractivity (Wildman–Crippen MR) is 104 cm³/mol. The first kappa shape index (κ1) is 26.8. The van der Waals surface area contributed by atoms with Gasteiger partial charge in [-0.3, -0.25) is 0 Å². The third-order valence-electron chi connectivity index (χ3n) is 4.57. The first-order chi connectivity index (χ1) is 16.0. The van der Waals surface area contributed by atoms with Gasteiger partial charge in [0, 0.05) is 25.8 Å². The molecule has 0 amide bonds. The molecule has 2 aromatic heterocycles. The molecule has 0 spiro atoms. The molecule has 16 heteroatoms. The van der Waals surface area contributed by atoms with Crippen molar-refractivity contribution in [1.29, 1.82) is 0 Å². The van der Waals surface area contributed by atoms with E-state index in [-0.39, 0.29) is 5.82 Å². The molecule has 11 nitrogen and oxygen atoms in total. The smallest absolute Gasteiger partial charge is 0.475 e. The third kappa shape index (κ3) is 7.54. The van der Waals surface area contributed by atoms with E-state index in [1.807, 2.05) is 6.92 Å². The lowest BCUT2D eigenvalue weighted by molar-refractivity contribution is -0.192. The first-order valence-electron chi connectivity index (χ1n) is 9.90. The van der Waals surface area contributed by atoms with Gasteiger partial charge in [0.1, 0.15) is 12.6 Å². The Morgan fingerprint density at radius 2 is 2.03 bits per heavy atom. The second-order valence-corrected chi connectivity index (χ2v) is 6.95. The van der Waals surface area contributed by atoms with Crippen LogP contribution in [0.2, 0.25) is 0 Å². The Morgan fingerprint density at radius 3 is 2.56 bits per heavy atom. The van der Waals surface area contributed by atoms with E-state index in [9.17, 15) is 22.0 Å². The minimum atomic E-state index is -5.08. The molecule has 1 aliphatic heterocycles. The van der Waals surface area contributed by atoms with Crippen LogP contribution in [0.15, 0.2) is 21.0 Å². The molecule has 0 aliphatic carbocycles. The van der Waals surface area contributed by atoms with Crippen LogP contribution < -0.4 is 5.32 Å². The Labute approximate surface area is 189 Å². The molecule has 2 N–H and O–H groups in total. The molecule has 0 radical (unpaired) electrons. The highest BCUT2D eigenvalue weighted by Crippen LogP contribution is 2.36. The van der Waals surface area contributed by atoms with Crippen molar-refractivity contribution < 1.29 is 36.3 Å². The minimum Gasteiger partial charge on any atom is -0.475 e. The number of aromatic nitrogens is 5. The zero-order valence-electron chi connectivity index (χ0n) is 17.8. The summed E-state index contributed by atoms with van der Waals surface area (Å²) in [4.78, 5) is 13.1. The molecule has 34 heavy (non-hydrogen) atoms. The van der Waals surface area contributed by atoms with E-state index in [1.165, 1.54) is 6.39 Å². The molecular formula is C18H21F5N8O3. The number of hydrogen-bond acceptors (Lipinski definition) is 9. The number of tetrazole rings is 1. The number of rotatable bonds is 11. The summed E-state index contributed by atoms with van der Waals surface area (Å²) in [6.07, 6.45) is 1.48. The Morgan fingerprint density at radius 1 is 1.35 bits per heavy atom. The van der Waals surface area contributed by atoms with Gasteiger partial charge in [0.05, 0.1) is 5.69 Å². The van der Waals surface area contributed by atoms with Crippen LogP contribution in [-0.4, -0.2) is 61.1 Å². The topological polar surface area (TPSA) is 144 Å². The molecule has 0 saturated heterocycles. The van der Waals surface area contributed by atoms with Crippen LogP contribution in [0.25, 0.3) is 0 Å². The van der Waals surface area contributed by atoms with Gasteiger partial charge in [-0.2, -0.15) is 23.4 Å². The van der Waals surface area contributed by atoms with Gasteiger partial charge in [0.25, 0.3) is 6.43 Å². The van der Waals surface area contributed by atoms with Crippen LogP contribution in [0.5, 0.6) is 0 Å². The summed E-state index contributed by atoms with van der Waals surface area (Å²) < 4.78 is 64.0. The maximum absolute atomic E-state index is 12.9. The van der Waals surface area contributed by atoms with Gasteiger partial charge in [0.2, 0.25) is 0 Å². The van der Waals surface area contributed by atoms with E-state index >= 15 is 0 Å². The molecule has 3 rings (SSSR count). The number of halogens is 5. The number of carboxylic acids is 1. The fraction of sp³-hybridized carbons (Fsp3) is 0.611. The van der Waals surface area contributed by atoms with E-state index in [4.69, 9.17) is 20.7 Å². The van der Waals surface area contributed by atoms with Crippen molar-refractivity contribution in [2.45, 2.75) is 63.5 Å². The molecule has 0 aromatic carbocycles. The number of carboxylic acid groups (broad SMARTS) is 1. The van der Waals surface area contributed by atoms with Crippen molar-refractivity contribution in [1.82, 2.24) is 30.5 Å². The monoisotopic (exact) mass is 492 g/mol. The van der Waals surface area contributed by atoms with Crippen LogP contribution in [-0.2, 0) is 17.8 Å². The van der Waals surface area contributed by atoms with Crippen molar-refractivity contribution in [3.63, 3.8) is 0 Å². The molecule has 1 unspecified atom stereocenters. The van der Waals surface area contributed by atoms with Gasteiger partial charge >= 0.3 is 12.1 Å². The van der Waals surface area contributed by atoms with Crippen molar-refractivity contribution in [3.05, 3.63) is 23.7 Å². The number of aliphatic carboxylic acids is 1. The van der Waals surface area contributed by atoms with Crippen LogP contribution in [0.4, 0.5) is 22.0 Å². The lowest BCUT2D eigenvalue weighted by atomic mass is 10.0. The SMILES string of the molecule is C#CCCC1(CCNC(c2ocnc2CC)c2nnnn2CC(F)F)N=N1.O=C(O)C(F)(F)F. The summed E-state index contributed by atoms with van der Waals surface area (Å²) in [6, 6.07) is -0.611. The summed E-state index contributed by atoms with van der Waals surface area (Å²) in [5.74, 6) is 0.572. The van der Waals surface area contributed by atoms with E-state index in [2.05, 4.69) is 42.0 Å². The number of nitrogens with one attached hydrogen (secondary N) is 1. The normalized spacial score (nSPS) is 14.9. The summed E-state index contributed by atoms with van der Waals surface area (Å²) in [6.45, 7) is 1.82. The summed E-state index contributed by atoms with van der Waals surface area (Å²) in [5, 5.41) is 29.7. The van der Waals surface area contributed by atoms with Gasteiger partial charge in [-0.1, -0.05) is 6.92 Å². The Hall–Kier alpha value is -3.48. The average Bonchev–Trinajstić information content (AvgIpc) is 3.15. The number of aryl methyl sites for hydroxylation is 1. The largest absolute Gasteiger partial charge is 0.490 e. The lowest BCUT2D eigenvalue weighted by Gasteiger charge is -2.18. The molecule has 1 atom stereocenters. The number of carbonyl (C=O) groups is 1. The first-order valence-corrected chi connectivity index (χ1v) is 9.90. The van der Waals surface area contributed by atoms with Crippen LogP contribution in [0, 0.1) is 12.3 Å². The van der Waals surface area contributed by atoms with Crippen LogP contribution >= 0.6 is 0 Å². The number of oxazole rings is 1. The number of alkyl halides is 5. The van der Waals surface area contributed by atoms with Crippen molar-refractivity contribution in [3.8, 4) is 12.3 Å². The van der Waals surface area contributed by atoms with Crippen LogP contribution in [0.1, 0.15) is 49.5 Å². The molecule has 1 aliphatic rings. The fourth-order valence-corrected chi connectivity index (χ4v) is 2.84. The molecular weight excluding hydrogens is 471 g/mol. The van der Waals surface area contributed by atoms with Crippen molar-refractivity contribution in [2.24, 2.45) is 10.2 Å². The van der Waals surface area contributed by atoms with Gasteiger partial charge in [-0.25, -0.2) is 23.2 Å². The van der Waals surface area contributed by atoms with E-state index in [1.54, 1.807) is 0 Å². The summed E-state index contributed by atoms with van der Waals surface area (Å²) >= 11 is 0. The molecule has 186 valence electrons. The standard InChI is InChI=1S/C16H20F2N8O.C2HF3O2/c1-3-5-6-16(22-23-16)7-8-19-13(14-11(4-2)20-10-27-14)15-21-24-25-26(15)9-12(17)18;3-2(4,5)1(6)7/h1,10,12-13,19H,4-9H2,2H3;(H,6,7). The zero-order chi connectivity index (χ0) is 25.4. The Balaban J connectivity index is 0.000000509. The van der Waals surface area contributed by atoms with Crippen molar-refractivity contribution in [2.75, 3.05) is 6.54 Å². The third-order valence-corrected chi connectivity index (χ3v) is 4.57. The van der Waals surface area contributed by atoms with Gasteiger partial charge in [-0.15, -0.1) is 17.4 Å². The molecule has 0 saturated carbocycles. The van der Waals surface area contributed by atoms with E-state index in [0.717, 1.165) is 4.68 Å². The Kier molecular flexibility index (Phi) is 9.12. The maximum atomic E-state index is 12.9. The van der Waals surface area contributed by atoms with E-state index < -0.39 is 36.8 Å². The molecule has 3 heterocycles. The molecule has 0 fully saturated rings. The van der Waals surface area contributed by atoms with Gasteiger partial charge in [0.15, 0.2) is 23.6 Å². The van der Waals surface area contributed by atoms with E-state index in [0.29, 0.717) is 43.7 Å². The van der Waals surface area contributed by atoms with Gasteiger partial charge < -0.3 is 14.8 Å². The highest BCUT2D eigenvalue weighted by molar-refractivity contribution is 5.73. The average molecular weight is 492 g/mol. The number of hydrogen-bond donors (Lipinski definition) is 2. The summed E-state index contributed by atoms with van der Waals surface area (Å²) in [5.41, 5.74) is 0.260.